The molecule has 32 heavy (non-hydrogen) atoms. The highest BCUT2D eigenvalue weighted by molar-refractivity contribution is 5.65. The van der Waals surface area contributed by atoms with Crippen molar-refractivity contribution in [2.75, 3.05) is 31.1 Å². The van der Waals surface area contributed by atoms with E-state index in [9.17, 15) is 0 Å². The fraction of sp³-hybridized carbons (Fsp3) is 0.593. The lowest BCUT2D eigenvalue weighted by atomic mass is 9.63. The molecule has 1 atom stereocenters. The van der Waals surface area contributed by atoms with Gasteiger partial charge in [0.2, 0.25) is 0 Å². The van der Waals surface area contributed by atoms with Crippen molar-refractivity contribution >= 4 is 5.82 Å². The van der Waals surface area contributed by atoms with Crippen molar-refractivity contribution < 1.29 is 5.11 Å². The quantitative estimate of drug-likeness (QED) is 0.639. The van der Waals surface area contributed by atoms with Crippen LogP contribution in [0.15, 0.2) is 36.4 Å². The first-order chi connectivity index (χ1) is 15.2. The molecule has 0 unspecified atom stereocenters. The number of anilines is 1. The third-order valence-corrected chi connectivity index (χ3v) is 7.61. The molecule has 1 aromatic heterocycles. The van der Waals surface area contributed by atoms with Crippen molar-refractivity contribution in [2.24, 2.45) is 5.73 Å². The zero-order valence-electron chi connectivity index (χ0n) is 20.2. The van der Waals surface area contributed by atoms with Gasteiger partial charge in [-0.2, -0.15) is 0 Å². The zero-order valence-corrected chi connectivity index (χ0v) is 20.2. The lowest BCUT2D eigenvalue weighted by Crippen LogP contribution is -2.47. The van der Waals surface area contributed by atoms with Gasteiger partial charge >= 0.3 is 0 Å². The number of aliphatic hydroxyl groups is 1. The third kappa shape index (κ3) is 4.85. The lowest BCUT2D eigenvalue weighted by molar-refractivity contribution is 0.256. The number of aliphatic hydroxyl groups excluding tert-OH is 1. The topological polar surface area (TPSA) is 74.4 Å². The molecule has 5 heteroatoms. The summed E-state index contributed by atoms with van der Waals surface area (Å²) in [5.74, 6) is 1.06. The average Bonchev–Trinajstić information content (AvgIpc) is 2.81. The van der Waals surface area contributed by atoms with Crippen LogP contribution in [0.4, 0.5) is 5.82 Å². The van der Waals surface area contributed by atoms with Crippen LogP contribution in [0.25, 0.3) is 11.3 Å². The summed E-state index contributed by atoms with van der Waals surface area (Å²) in [5.41, 5.74) is 11.5. The summed E-state index contributed by atoms with van der Waals surface area (Å²) in [6.45, 7) is 12.1. The van der Waals surface area contributed by atoms with E-state index in [1.165, 1.54) is 29.5 Å². The van der Waals surface area contributed by atoms with Crippen LogP contribution in [0.2, 0.25) is 0 Å². The number of nitrogens with zero attached hydrogens (tertiary/aromatic N) is 2. The van der Waals surface area contributed by atoms with Gasteiger partial charge in [0, 0.05) is 37.3 Å². The van der Waals surface area contributed by atoms with Crippen LogP contribution in [0.5, 0.6) is 0 Å². The number of piperidine rings is 1. The van der Waals surface area contributed by atoms with Crippen LogP contribution in [0.1, 0.15) is 64.5 Å². The van der Waals surface area contributed by atoms with Crippen molar-refractivity contribution in [1.82, 2.24) is 10.3 Å². The van der Waals surface area contributed by atoms with E-state index >= 15 is 0 Å². The molecule has 1 fully saturated rings. The molecule has 4 N–H and O–H groups in total. The van der Waals surface area contributed by atoms with Gasteiger partial charge in [-0.15, -0.1) is 0 Å². The molecule has 1 aliphatic carbocycles. The van der Waals surface area contributed by atoms with Gasteiger partial charge in [-0.3, -0.25) is 0 Å². The summed E-state index contributed by atoms with van der Waals surface area (Å²) in [6.07, 6.45) is 4.57. The molecule has 1 saturated heterocycles. The number of nitrogens with two attached hydrogens (primary N) is 1. The molecule has 174 valence electrons. The van der Waals surface area contributed by atoms with Crippen molar-refractivity contribution in [3.8, 4) is 11.3 Å². The van der Waals surface area contributed by atoms with Crippen molar-refractivity contribution in [2.45, 2.75) is 76.3 Å². The van der Waals surface area contributed by atoms with Crippen molar-refractivity contribution in [1.29, 1.82) is 0 Å². The van der Waals surface area contributed by atoms with Crippen LogP contribution in [0, 0.1) is 0 Å². The maximum atomic E-state index is 9.11. The molecule has 2 heterocycles. The number of nitrogens with one attached hydrogen (secondary N) is 1. The van der Waals surface area contributed by atoms with Crippen LogP contribution < -0.4 is 16.0 Å². The minimum atomic E-state index is -0.182. The largest absolute Gasteiger partial charge is 0.395 e. The first kappa shape index (κ1) is 23.2. The van der Waals surface area contributed by atoms with Crippen LogP contribution in [-0.4, -0.2) is 48.4 Å². The predicted molar refractivity (Wildman–Crippen MR) is 133 cm³/mol. The molecule has 0 spiro atoms. The Labute approximate surface area is 193 Å². The van der Waals surface area contributed by atoms with Gasteiger partial charge in [-0.25, -0.2) is 4.98 Å². The molecule has 0 radical (unpaired) electrons. The fourth-order valence-corrected chi connectivity index (χ4v) is 5.20. The Hall–Kier alpha value is -1.95. The summed E-state index contributed by atoms with van der Waals surface area (Å²) in [4.78, 5) is 7.45. The Morgan fingerprint density at radius 1 is 1.06 bits per heavy atom. The van der Waals surface area contributed by atoms with Crippen LogP contribution in [-0.2, 0) is 10.8 Å². The highest BCUT2D eigenvalue weighted by Gasteiger charge is 2.37. The van der Waals surface area contributed by atoms with Crippen molar-refractivity contribution in [3.63, 3.8) is 0 Å². The summed E-state index contributed by atoms with van der Waals surface area (Å²) in [5, 5.41) is 12.6. The zero-order chi connectivity index (χ0) is 22.9. The Morgan fingerprint density at radius 2 is 1.75 bits per heavy atom. The molecule has 1 aliphatic heterocycles. The van der Waals surface area contributed by atoms with Gasteiger partial charge in [-0.05, 0) is 65.8 Å². The predicted octanol–water partition coefficient (Wildman–Crippen LogP) is 3.98. The molecule has 0 saturated carbocycles. The second-order valence-electron chi connectivity index (χ2n) is 11.0. The van der Waals surface area contributed by atoms with E-state index in [-0.39, 0.29) is 23.5 Å². The van der Waals surface area contributed by atoms with Gasteiger partial charge < -0.3 is 21.1 Å². The van der Waals surface area contributed by atoms with E-state index in [1.807, 2.05) is 0 Å². The van der Waals surface area contributed by atoms with Gasteiger partial charge in [0.05, 0.1) is 12.3 Å². The molecular weight excluding hydrogens is 396 g/mol. The number of aromatic nitrogens is 1. The fourth-order valence-electron chi connectivity index (χ4n) is 5.20. The second-order valence-corrected chi connectivity index (χ2v) is 11.0. The lowest BCUT2D eigenvalue weighted by Gasteiger charge is -2.42. The van der Waals surface area contributed by atoms with Crippen LogP contribution in [0.3, 0.4) is 0 Å². The monoisotopic (exact) mass is 436 g/mol. The SMILES string of the molecule is CC1(C)CCC(C)(C)c2cc(-c3cccc(N4CCC(NC[C@@H](N)CO)CC4)n3)ccc21. The number of benzene rings is 1. The number of rotatable bonds is 6. The molecule has 4 rings (SSSR count). The summed E-state index contributed by atoms with van der Waals surface area (Å²) >= 11 is 0. The molecule has 0 amide bonds. The minimum Gasteiger partial charge on any atom is -0.395 e. The Bertz CT molecular complexity index is 931. The van der Waals surface area contributed by atoms with Crippen LogP contribution >= 0.6 is 0 Å². The van der Waals surface area contributed by atoms with E-state index in [2.05, 4.69) is 74.3 Å². The maximum Gasteiger partial charge on any atom is 0.129 e. The van der Waals surface area contributed by atoms with E-state index in [0.29, 0.717) is 12.6 Å². The Morgan fingerprint density at radius 3 is 2.44 bits per heavy atom. The molecule has 0 bridgehead atoms. The molecular formula is C27H40N4O. The van der Waals surface area contributed by atoms with E-state index in [1.54, 1.807) is 0 Å². The summed E-state index contributed by atoms with van der Waals surface area (Å²) < 4.78 is 0. The highest BCUT2D eigenvalue weighted by Crippen LogP contribution is 2.46. The van der Waals surface area contributed by atoms with E-state index < -0.39 is 0 Å². The number of hydrogen-bond acceptors (Lipinski definition) is 5. The molecule has 2 aliphatic rings. The number of pyridine rings is 1. The Kier molecular flexibility index (Phi) is 6.62. The first-order valence-corrected chi connectivity index (χ1v) is 12.2. The third-order valence-electron chi connectivity index (χ3n) is 7.61. The van der Waals surface area contributed by atoms with Gasteiger partial charge in [0.15, 0.2) is 0 Å². The molecule has 2 aromatic rings. The standard InChI is InChI=1S/C27H40N4O/c1-26(2)12-13-27(3,4)23-16-19(8-9-22(23)26)24-6-5-7-25(30-24)31-14-10-21(11-15-31)29-17-20(28)18-32/h5-9,16,20-21,29,32H,10-15,17-18,28H2,1-4H3/t20-/m1/s1. The Balaban J connectivity index is 1.50. The maximum absolute atomic E-state index is 9.11. The minimum absolute atomic E-state index is 0.0277. The van der Waals surface area contributed by atoms with Gasteiger partial charge in [0.25, 0.3) is 0 Å². The normalized spacial score (nSPS) is 21.2. The first-order valence-electron chi connectivity index (χ1n) is 12.2. The smallest absolute Gasteiger partial charge is 0.129 e. The summed E-state index contributed by atoms with van der Waals surface area (Å²) in [7, 11) is 0. The van der Waals surface area contributed by atoms with E-state index in [0.717, 1.165) is 37.4 Å². The number of hydrogen-bond donors (Lipinski definition) is 3. The second kappa shape index (κ2) is 9.12. The molecule has 5 nitrogen and oxygen atoms in total. The average molecular weight is 437 g/mol. The van der Waals surface area contributed by atoms with Crippen molar-refractivity contribution in [3.05, 3.63) is 47.5 Å². The highest BCUT2D eigenvalue weighted by atomic mass is 16.3. The van der Waals surface area contributed by atoms with Gasteiger partial charge in [0.1, 0.15) is 5.82 Å². The van der Waals surface area contributed by atoms with E-state index in [4.69, 9.17) is 15.8 Å². The number of fused-ring (bicyclic) bond motifs is 1. The summed E-state index contributed by atoms with van der Waals surface area (Å²) in [6, 6.07) is 13.7. The molecule has 1 aromatic carbocycles. The van der Waals surface area contributed by atoms with Gasteiger partial charge in [-0.1, -0.05) is 45.9 Å².